The first-order valence-electron chi connectivity index (χ1n) is 5.03. The molecule has 2 atom stereocenters. The van der Waals surface area contributed by atoms with Crippen LogP contribution in [0.15, 0.2) is 18.3 Å². The van der Waals surface area contributed by atoms with Crippen molar-refractivity contribution in [1.29, 1.82) is 0 Å². The van der Waals surface area contributed by atoms with Gasteiger partial charge in [0, 0.05) is 13.3 Å². The molecule has 0 spiro atoms. The number of hydrogen-bond donors (Lipinski definition) is 2. The highest BCUT2D eigenvalue weighted by Crippen LogP contribution is 2.10. The molecule has 84 valence electrons. The fourth-order valence-corrected chi connectivity index (χ4v) is 1.46. The molecule has 4 heteroatoms. The summed E-state index contributed by atoms with van der Waals surface area (Å²) in [6, 6.07) is 3.64. The quantitative estimate of drug-likeness (QED) is 0.760. The van der Waals surface area contributed by atoms with Gasteiger partial charge in [-0.15, -0.1) is 0 Å². The standard InChI is InChI=1S/C11H18N2O2/c1-8(15-2)5-10(14)6-9-3-4-13-11(12)7-9/h3-4,7-8,10,14H,5-6H2,1-2H3,(H2,12,13). The van der Waals surface area contributed by atoms with Crippen LogP contribution in [0.3, 0.4) is 0 Å². The second-order valence-electron chi connectivity index (χ2n) is 3.73. The Bertz CT molecular complexity index is 304. The molecule has 1 aromatic rings. The predicted molar refractivity (Wildman–Crippen MR) is 59.4 cm³/mol. The van der Waals surface area contributed by atoms with Crippen LogP contribution < -0.4 is 5.73 Å². The molecule has 1 aromatic heterocycles. The second-order valence-corrected chi connectivity index (χ2v) is 3.73. The maximum absolute atomic E-state index is 9.75. The monoisotopic (exact) mass is 210 g/mol. The van der Waals surface area contributed by atoms with Gasteiger partial charge in [0.1, 0.15) is 5.82 Å². The maximum Gasteiger partial charge on any atom is 0.123 e. The van der Waals surface area contributed by atoms with Crippen LogP contribution in [-0.4, -0.2) is 29.4 Å². The van der Waals surface area contributed by atoms with Gasteiger partial charge in [0.05, 0.1) is 12.2 Å². The summed E-state index contributed by atoms with van der Waals surface area (Å²) < 4.78 is 5.09. The van der Waals surface area contributed by atoms with E-state index in [-0.39, 0.29) is 6.10 Å². The first-order valence-corrected chi connectivity index (χ1v) is 5.03. The molecule has 0 saturated carbocycles. The molecule has 0 amide bonds. The number of hydrogen-bond acceptors (Lipinski definition) is 4. The lowest BCUT2D eigenvalue weighted by atomic mass is 10.0. The average Bonchev–Trinajstić information content (AvgIpc) is 2.17. The Kier molecular flexibility index (Phi) is 4.52. The van der Waals surface area contributed by atoms with Crippen LogP contribution in [0.25, 0.3) is 0 Å². The van der Waals surface area contributed by atoms with Crippen molar-refractivity contribution >= 4 is 5.82 Å². The van der Waals surface area contributed by atoms with Crippen molar-refractivity contribution in [3.8, 4) is 0 Å². The zero-order valence-electron chi connectivity index (χ0n) is 9.18. The van der Waals surface area contributed by atoms with Crippen molar-refractivity contribution < 1.29 is 9.84 Å². The highest BCUT2D eigenvalue weighted by molar-refractivity contribution is 5.32. The van der Waals surface area contributed by atoms with Gasteiger partial charge in [0.25, 0.3) is 0 Å². The van der Waals surface area contributed by atoms with Crippen LogP contribution in [-0.2, 0) is 11.2 Å². The Balaban J connectivity index is 2.47. The number of nitrogens with zero attached hydrogens (tertiary/aromatic N) is 1. The molecule has 1 rings (SSSR count). The van der Waals surface area contributed by atoms with E-state index in [1.54, 1.807) is 19.4 Å². The number of nitrogens with two attached hydrogens (primary N) is 1. The number of methoxy groups -OCH3 is 1. The first kappa shape index (κ1) is 11.9. The van der Waals surface area contributed by atoms with Gasteiger partial charge in [-0.3, -0.25) is 0 Å². The number of aromatic nitrogens is 1. The minimum absolute atomic E-state index is 0.0687. The predicted octanol–water partition coefficient (Wildman–Crippen LogP) is 0.992. The summed E-state index contributed by atoms with van der Waals surface area (Å²) in [6.45, 7) is 1.93. The van der Waals surface area contributed by atoms with Crippen molar-refractivity contribution in [3.63, 3.8) is 0 Å². The van der Waals surface area contributed by atoms with E-state index in [1.807, 2.05) is 13.0 Å². The van der Waals surface area contributed by atoms with Crippen LogP contribution in [0.1, 0.15) is 18.9 Å². The zero-order chi connectivity index (χ0) is 11.3. The van der Waals surface area contributed by atoms with E-state index in [1.165, 1.54) is 0 Å². The van der Waals surface area contributed by atoms with Crippen LogP contribution in [0.5, 0.6) is 0 Å². The molecule has 15 heavy (non-hydrogen) atoms. The molecule has 3 N–H and O–H groups in total. The van der Waals surface area contributed by atoms with Crippen LogP contribution in [0.2, 0.25) is 0 Å². The Morgan fingerprint density at radius 3 is 2.93 bits per heavy atom. The van der Waals surface area contributed by atoms with Gasteiger partial charge in [0.15, 0.2) is 0 Å². The minimum Gasteiger partial charge on any atom is -0.393 e. The molecule has 2 unspecified atom stereocenters. The lowest BCUT2D eigenvalue weighted by Crippen LogP contribution is -2.19. The normalized spacial score (nSPS) is 14.9. The number of nitrogen functional groups attached to an aromatic ring is 1. The Morgan fingerprint density at radius 1 is 1.60 bits per heavy atom. The molecule has 4 nitrogen and oxygen atoms in total. The van der Waals surface area contributed by atoms with E-state index < -0.39 is 6.10 Å². The molecule has 0 radical (unpaired) electrons. The van der Waals surface area contributed by atoms with E-state index in [2.05, 4.69) is 4.98 Å². The lowest BCUT2D eigenvalue weighted by molar-refractivity contribution is 0.0565. The van der Waals surface area contributed by atoms with Gasteiger partial charge in [-0.25, -0.2) is 4.98 Å². The number of rotatable bonds is 5. The van der Waals surface area contributed by atoms with E-state index in [0.717, 1.165) is 5.56 Å². The molecule has 0 bridgehead atoms. The summed E-state index contributed by atoms with van der Waals surface area (Å²) in [6.07, 6.45) is 2.52. The number of anilines is 1. The van der Waals surface area contributed by atoms with Crippen molar-refractivity contribution in [2.75, 3.05) is 12.8 Å². The molecular formula is C11H18N2O2. The summed E-state index contributed by atoms with van der Waals surface area (Å²) in [5, 5.41) is 9.75. The van der Waals surface area contributed by atoms with E-state index in [9.17, 15) is 5.11 Å². The molecule has 0 saturated heterocycles. The highest BCUT2D eigenvalue weighted by atomic mass is 16.5. The van der Waals surface area contributed by atoms with E-state index in [4.69, 9.17) is 10.5 Å². The minimum atomic E-state index is -0.401. The van der Waals surface area contributed by atoms with Gasteiger partial charge in [-0.05, 0) is 37.5 Å². The van der Waals surface area contributed by atoms with Crippen LogP contribution in [0, 0.1) is 0 Å². The van der Waals surface area contributed by atoms with Crippen molar-refractivity contribution in [2.45, 2.75) is 32.0 Å². The molecule has 0 aliphatic rings. The fraction of sp³-hybridized carbons (Fsp3) is 0.545. The number of aliphatic hydroxyl groups is 1. The molecule has 0 aliphatic heterocycles. The smallest absolute Gasteiger partial charge is 0.123 e. The molecular weight excluding hydrogens is 192 g/mol. The topological polar surface area (TPSA) is 68.4 Å². The Hall–Kier alpha value is -1.13. The average molecular weight is 210 g/mol. The Morgan fingerprint density at radius 2 is 2.33 bits per heavy atom. The first-order chi connectivity index (χ1) is 7.11. The third kappa shape index (κ3) is 4.27. The van der Waals surface area contributed by atoms with Crippen LogP contribution >= 0.6 is 0 Å². The van der Waals surface area contributed by atoms with Crippen LogP contribution in [0.4, 0.5) is 5.82 Å². The summed E-state index contributed by atoms with van der Waals surface area (Å²) in [5.41, 5.74) is 6.54. The Labute approximate surface area is 90.1 Å². The summed E-state index contributed by atoms with van der Waals surface area (Å²) in [4.78, 5) is 3.90. The number of pyridine rings is 1. The lowest BCUT2D eigenvalue weighted by Gasteiger charge is -2.15. The van der Waals surface area contributed by atoms with Gasteiger partial charge in [0.2, 0.25) is 0 Å². The zero-order valence-corrected chi connectivity index (χ0v) is 9.18. The molecule has 0 aromatic carbocycles. The van der Waals surface area contributed by atoms with Gasteiger partial charge >= 0.3 is 0 Å². The largest absolute Gasteiger partial charge is 0.393 e. The SMILES string of the molecule is COC(C)CC(O)Cc1ccnc(N)c1. The van der Waals surface area contributed by atoms with Crippen molar-refractivity contribution in [3.05, 3.63) is 23.9 Å². The molecule has 1 heterocycles. The fourth-order valence-electron chi connectivity index (χ4n) is 1.46. The summed E-state index contributed by atoms with van der Waals surface area (Å²) in [7, 11) is 1.64. The highest BCUT2D eigenvalue weighted by Gasteiger charge is 2.10. The van der Waals surface area contributed by atoms with Crippen molar-refractivity contribution in [1.82, 2.24) is 4.98 Å². The third-order valence-electron chi connectivity index (χ3n) is 2.32. The van der Waals surface area contributed by atoms with E-state index in [0.29, 0.717) is 18.7 Å². The summed E-state index contributed by atoms with van der Waals surface area (Å²) in [5.74, 6) is 0.486. The molecule has 0 aliphatic carbocycles. The molecule has 0 fully saturated rings. The third-order valence-corrected chi connectivity index (χ3v) is 2.32. The second kappa shape index (κ2) is 5.68. The van der Waals surface area contributed by atoms with Crippen molar-refractivity contribution in [2.24, 2.45) is 0 Å². The van der Waals surface area contributed by atoms with Gasteiger partial charge in [-0.2, -0.15) is 0 Å². The summed E-state index contributed by atoms with van der Waals surface area (Å²) >= 11 is 0. The van der Waals surface area contributed by atoms with Gasteiger partial charge < -0.3 is 15.6 Å². The van der Waals surface area contributed by atoms with E-state index >= 15 is 0 Å². The van der Waals surface area contributed by atoms with Gasteiger partial charge in [-0.1, -0.05) is 0 Å². The number of aliphatic hydroxyl groups excluding tert-OH is 1. The maximum atomic E-state index is 9.75. The number of ether oxygens (including phenoxy) is 1.